The van der Waals surface area contributed by atoms with Crippen LogP contribution in [0.5, 0.6) is 5.75 Å². The average molecular weight is 340 g/mol. The quantitative estimate of drug-likeness (QED) is 0.206. The molecule has 0 bridgehead atoms. The number of nitro benzene ring substituents is 1. The van der Waals surface area contributed by atoms with Crippen LogP contribution >= 0.6 is 7.82 Å². The molecule has 0 unspecified atom stereocenters. The number of rotatable bonds is 6. The lowest BCUT2D eigenvalue weighted by atomic mass is 10.1. The largest absolute Gasteiger partial charge is 0.524 e. The van der Waals surface area contributed by atoms with Crippen LogP contribution < -0.4 is 10.3 Å². The number of aliphatic hydroxyl groups excluding tert-OH is 3. The van der Waals surface area contributed by atoms with E-state index in [4.69, 9.17) is 30.8 Å². The van der Waals surface area contributed by atoms with Gasteiger partial charge in [0.15, 0.2) is 0 Å². The summed E-state index contributed by atoms with van der Waals surface area (Å²) in [4.78, 5) is 26.4. The molecule has 12 heteroatoms. The summed E-state index contributed by atoms with van der Waals surface area (Å²) in [5.41, 5.74) is 3.76. The van der Waals surface area contributed by atoms with Gasteiger partial charge < -0.3 is 25.6 Å². The molecule has 0 atom stereocenters. The van der Waals surface area contributed by atoms with Crippen LogP contribution in [-0.2, 0) is 4.57 Å². The van der Waals surface area contributed by atoms with Crippen LogP contribution in [0.4, 0.5) is 5.69 Å². The Morgan fingerprint density at radius 3 is 1.77 bits per heavy atom. The first-order valence-corrected chi connectivity index (χ1v) is 7.21. The Morgan fingerprint density at radius 2 is 1.55 bits per heavy atom. The molecule has 0 saturated carbocycles. The maximum absolute atomic E-state index is 10.4. The minimum Gasteiger partial charge on any atom is -0.404 e. The highest BCUT2D eigenvalue weighted by molar-refractivity contribution is 7.46. The molecular weight excluding hydrogens is 323 g/mol. The SMILES string of the molecule is NC(CO)(CO)CO.O=[N+]([O-])c1ccc(OP(=O)(O)O)cc1. The monoisotopic (exact) mass is 340 g/mol. The molecule has 0 aromatic heterocycles. The van der Waals surface area contributed by atoms with Gasteiger partial charge in [-0.25, -0.2) is 4.57 Å². The van der Waals surface area contributed by atoms with Gasteiger partial charge in [0.05, 0.1) is 30.3 Å². The highest BCUT2D eigenvalue weighted by Gasteiger charge is 2.20. The molecule has 0 amide bonds. The van der Waals surface area contributed by atoms with E-state index in [0.29, 0.717) is 0 Å². The van der Waals surface area contributed by atoms with E-state index in [1.807, 2.05) is 0 Å². The van der Waals surface area contributed by atoms with Crippen molar-refractivity contribution in [1.29, 1.82) is 0 Å². The topological polar surface area (TPSA) is 197 Å². The summed E-state index contributed by atoms with van der Waals surface area (Å²) in [6.45, 7) is -1.21. The van der Waals surface area contributed by atoms with Crippen molar-refractivity contribution in [2.24, 2.45) is 5.73 Å². The molecule has 1 aromatic carbocycles. The zero-order valence-corrected chi connectivity index (χ0v) is 12.2. The van der Waals surface area contributed by atoms with E-state index in [9.17, 15) is 14.7 Å². The van der Waals surface area contributed by atoms with Crippen molar-refractivity contribution in [3.05, 3.63) is 34.4 Å². The molecule has 0 heterocycles. The van der Waals surface area contributed by atoms with E-state index in [1.165, 1.54) is 0 Å². The summed E-state index contributed by atoms with van der Waals surface area (Å²) in [6.07, 6.45) is 0. The van der Waals surface area contributed by atoms with Crippen LogP contribution in [0.2, 0.25) is 0 Å². The molecule has 0 saturated heterocycles. The van der Waals surface area contributed by atoms with Crippen LogP contribution in [0.25, 0.3) is 0 Å². The lowest BCUT2D eigenvalue weighted by molar-refractivity contribution is -0.384. The number of hydrogen-bond donors (Lipinski definition) is 6. The lowest BCUT2D eigenvalue weighted by Crippen LogP contribution is -2.50. The molecule has 0 aliphatic rings. The van der Waals surface area contributed by atoms with Gasteiger partial charge in [0.2, 0.25) is 0 Å². The third-order valence-electron chi connectivity index (χ3n) is 2.22. The zero-order chi connectivity index (χ0) is 17.4. The van der Waals surface area contributed by atoms with E-state index >= 15 is 0 Å². The predicted octanol–water partition coefficient (Wildman–Crippen LogP) is -1.27. The first kappa shape index (κ1) is 20.4. The molecule has 0 aliphatic carbocycles. The molecule has 7 N–H and O–H groups in total. The second kappa shape index (κ2) is 8.76. The number of phosphoric ester groups is 1. The summed E-state index contributed by atoms with van der Waals surface area (Å²) < 4.78 is 14.5. The summed E-state index contributed by atoms with van der Waals surface area (Å²) in [7, 11) is -4.60. The van der Waals surface area contributed by atoms with Gasteiger partial charge in [-0.05, 0) is 12.1 Å². The first-order valence-electron chi connectivity index (χ1n) is 5.68. The van der Waals surface area contributed by atoms with Gasteiger partial charge in [-0.15, -0.1) is 0 Å². The van der Waals surface area contributed by atoms with E-state index in [0.717, 1.165) is 24.3 Å². The number of nitro groups is 1. The minimum atomic E-state index is -4.60. The fraction of sp³-hybridized carbons (Fsp3) is 0.400. The Kier molecular flexibility index (Phi) is 8.12. The first-order chi connectivity index (χ1) is 10.1. The maximum atomic E-state index is 10.4. The molecule has 0 spiro atoms. The van der Waals surface area contributed by atoms with Gasteiger partial charge in [0.25, 0.3) is 5.69 Å². The fourth-order valence-electron chi connectivity index (χ4n) is 0.916. The standard InChI is InChI=1S/C6H6NO6P.C4H11NO3/c8-7(9)5-1-3-6(4-2-5)13-14(10,11)12;5-4(1-6,2-7)3-8/h1-4H,(H2,10,11,12);6-8H,1-3,5H2. The molecule has 1 aromatic rings. The average Bonchev–Trinajstić information content (AvgIpc) is 2.46. The van der Waals surface area contributed by atoms with E-state index in [-0.39, 0.29) is 11.4 Å². The number of nitrogens with two attached hydrogens (primary N) is 1. The number of phosphoric acid groups is 1. The van der Waals surface area contributed by atoms with Crippen LogP contribution in [0.15, 0.2) is 24.3 Å². The van der Waals surface area contributed by atoms with Crippen molar-refractivity contribution >= 4 is 13.5 Å². The number of non-ortho nitro benzene ring substituents is 1. The summed E-state index contributed by atoms with van der Waals surface area (Å²) >= 11 is 0. The molecule has 0 aliphatic heterocycles. The van der Waals surface area contributed by atoms with Crippen molar-refractivity contribution in [2.45, 2.75) is 5.54 Å². The predicted molar refractivity (Wildman–Crippen MR) is 73.9 cm³/mol. The summed E-state index contributed by atoms with van der Waals surface area (Å²) in [6, 6.07) is 4.39. The van der Waals surface area contributed by atoms with Crippen LogP contribution in [0.3, 0.4) is 0 Å². The van der Waals surface area contributed by atoms with Gasteiger partial charge >= 0.3 is 7.82 Å². The molecule has 22 heavy (non-hydrogen) atoms. The number of benzene rings is 1. The highest BCUT2D eigenvalue weighted by Crippen LogP contribution is 2.37. The van der Waals surface area contributed by atoms with E-state index in [1.54, 1.807) is 0 Å². The third kappa shape index (κ3) is 8.00. The fourth-order valence-corrected chi connectivity index (χ4v) is 1.31. The van der Waals surface area contributed by atoms with Gasteiger partial charge in [-0.1, -0.05) is 0 Å². The molecule has 0 radical (unpaired) electrons. The Labute approximate surface area is 125 Å². The van der Waals surface area contributed by atoms with Gasteiger partial charge in [-0.3, -0.25) is 19.9 Å². The molecular formula is C10H17N2O9P. The second-order valence-corrected chi connectivity index (χ2v) is 5.33. The van der Waals surface area contributed by atoms with Crippen LogP contribution in [0.1, 0.15) is 0 Å². The van der Waals surface area contributed by atoms with Crippen LogP contribution in [-0.4, -0.2) is 55.4 Å². The van der Waals surface area contributed by atoms with Crippen molar-refractivity contribution in [3.63, 3.8) is 0 Å². The normalized spacial score (nSPS) is 11.4. The summed E-state index contributed by atoms with van der Waals surface area (Å²) in [5, 5.41) is 35.2. The molecule has 1 rings (SSSR count). The highest BCUT2D eigenvalue weighted by atomic mass is 31.2. The molecule has 11 nitrogen and oxygen atoms in total. The summed E-state index contributed by atoms with van der Waals surface area (Å²) in [5.74, 6) is -0.121. The Balaban J connectivity index is 0.000000472. The number of hydrogen-bond acceptors (Lipinski definition) is 8. The van der Waals surface area contributed by atoms with E-state index < -0.39 is 38.1 Å². The Bertz CT molecular complexity index is 503. The lowest BCUT2D eigenvalue weighted by Gasteiger charge is -2.20. The smallest absolute Gasteiger partial charge is 0.404 e. The third-order valence-corrected chi connectivity index (χ3v) is 2.67. The van der Waals surface area contributed by atoms with Gasteiger partial charge in [-0.2, -0.15) is 0 Å². The van der Waals surface area contributed by atoms with Crippen molar-refractivity contribution < 1.29 is 39.1 Å². The van der Waals surface area contributed by atoms with Crippen LogP contribution in [0, 0.1) is 10.1 Å². The van der Waals surface area contributed by atoms with Gasteiger partial charge in [0, 0.05) is 12.1 Å². The Morgan fingerprint density at radius 1 is 1.14 bits per heavy atom. The Hall–Kier alpha value is -1.59. The van der Waals surface area contributed by atoms with Crippen molar-refractivity contribution in [3.8, 4) is 5.75 Å². The number of aliphatic hydroxyl groups is 3. The number of nitrogens with zero attached hydrogens (tertiary/aromatic N) is 1. The minimum absolute atomic E-state index is 0.121. The van der Waals surface area contributed by atoms with E-state index in [2.05, 4.69) is 4.52 Å². The zero-order valence-electron chi connectivity index (χ0n) is 11.3. The maximum Gasteiger partial charge on any atom is 0.524 e. The second-order valence-electron chi connectivity index (χ2n) is 4.17. The van der Waals surface area contributed by atoms with Crippen molar-refractivity contribution in [2.75, 3.05) is 19.8 Å². The van der Waals surface area contributed by atoms with Gasteiger partial charge in [0.1, 0.15) is 5.75 Å². The molecule has 126 valence electrons. The van der Waals surface area contributed by atoms with Crippen molar-refractivity contribution in [1.82, 2.24) is 0 Å². The molecule has 0 fully saturated rings.